The lowest BCUT2D eigenvalue weighted by molar-refractivity contribution is -0.133. The summed E-state index contributed by atoms with van der Waals surface area (Å²) >= 11 is 0. The first kappa shape index (κ1) is 22.4. The van der Waals surface area contributed by atoms with Gasteiger partial charge in [0.05, 0.1) is 12.3 Å². The fourth-order valence-electron chi connectivity index (χ4n) is 3.54. The first-order valence-corrected chi connectivity index (χ1v) is 10.7. The summed E-state index contributed by atoms with van der Waals surface area (Å²) in [5.41, 5.74) is 1.71. The molecule has 1 saturated heterocycles. The number of nitrogens with zero attached hydrogens (tertiary/aromatic N) is 4. The molecule has 1 fully saturated rings. The minimum Gasteiger partial charge on any atom is -0.494 e. The molecule has 3 aromatic rings. The molecule has 1 aliphatic heterocycles. The van der Waals surface area contributed by atoms with Gasteiger partial charge in [0, 0.05) is 37.8 Å². The van der Waals surface area contributed by atoms with Gasteiger partial charge in [-0.25, -0.2) is 8.78 Å². The van der Waals surface area contributed by atoms with E-state index in [0.29, 0.717) is 32.8 Å². The Hall–Kier alpha value is -3.75. The van der Waals surface area contributed by atoms with Crippen molar-refractivity contribution in [3.05, 3.63) is 66.2 Å². The van der Waals surface area contributed by atoms with Crippen molar-refractivity contribution in [1.29, 1.82) is 0 Å². The normalized spacial score (nSPS) is 13.7. The molecule has 0 spiro atoms. The molecule has 0 N–H and O–H groups in total. The van der Waals surface area contributed by atoms with Crippen molar-refractivity contribution in [3.63, 3.8) is 0 Å². The lowest BCUT2D eigenvalue weighted by Crippen LogP contribution is -2.50. The van der Waals surface area contributed by atoms with E-state index < -0.39 is 11.6 Å². The van der Waals surface area contributed by atoms with E-state index in [2.05, 4.69) is 15.1 Å². The Morgan fingerprint density at radius 2 is 1.70 bits per heavy atom. The molecule has 1 aromatic heterocycles. The van der Waals surface area contributed by atoms with Gasteiger partial charge in [0.1, 0.15) is 11.6 Å². The van der Waals surface area contributed by atoms with Crippen molar-refractivity contribution in [2.45, 2.75) is 6.92 Å². The smallest absolute Gasteiger partial charge is 0.260 e. The van der Waals surface area contributed by atoms with Crippen LogP contribution in [0.15, 0.2) is 54.6 Å². The highest BCUT2D eigenvalue weighted by Crippen LogP contribution is 2.22. The van der Waals surface area contributed by atoms with Gasteiger partial charge in [-0.3, -0.25) is 4.79 Å². The lowest BCUT2D eigenvalue weighted by Gasteiger charge is -2.35. The second-order valence-electron chi connectivity index (χ2n) is 7.47. The molecule has 0 bridgehead atoms. The number of carbonyl (C=O) groups excluding carboxylic acids is 1. The van der Waals surface area contributed by atoms with E-state index in [1.807, 2.05) is 43.3 Å². The van der Waals surface area contributed by atoms with Gasteiger partial charge in [-0.2, -0.15) is 0 Å². The zero-order chi connectivity index (χ0) is 23.2. The third-order valence-corrected chi connectivity index (χ3v) is 5.31. The number of ether oxygens (including phenoxy) is 2. The highest BCUT2D eigenvalue weighted by Gasteiger charge is 2.23. The molecule has 0 aliphatic carbocycles. The van der Waals surface area contributed by atoms with E-state index in [0.717, 1.165) is 35.0 Å². The number of amides is 1. The minimum absolute atomic E-state index is 0.147. The largest absolute Gasteiger partial charge is 0.494 e. The third-order valence-electron chi connectivity index (χ3n) is 5.31. The number of hydrogen-bond donors (Lipinski definition) is 0. The number of piperazine rings is 1. The molecule has 0 unspecified atom stereocenters. The van der Waals surface area contributed by atoms with Crippen LogP contribution in [0.4, 0.5) is 14.6 Å². The fourth-order valence-corrected chi connectivity index (χ4v) is 3.54. The summed E-state index contributed by atoms with van der Waals surface area (Å²) in [5.74, 6) is -0.382. The Balaban J connectivity index is 1.28. The summed E-state index contributed by atoms with van der Waals surface area (Å²) in [6.45, 7) is 4.40. The second kappa shape index (κ2) is 10.2. The van der Waals surface area contributed by atoms with Gasteiger partial charge in [0.15, 0.2) is 24.0 Å². The van der Waals surface area contributed by atoms with Crippen molar-refractivity contribution < 1.29 is 23.0 Å². The van der Waals surface area contributed by atoms with Crippen molar-refractivity contribution in [3.8, 4) is 22.8 Å². The Labute approximate surface area is 190 Å². The molecule has 33 heavy (non-hydrogen) atoms. The highest BCUT2D eigenvalue weighted by atomic mass is 19.1. The summed E-state index contributed by atoms with van der Waals surface area (Å²) in [4.78, 5) is 16.1. The molecule has 0 radical (unpaired) electrons. The molecule has 4 rings (SSSR count). The molecule has 172 valence electrons. The van der Waals surface area contributed by atoms with Gasteiger partial charge in [-0.1, -0.05) is 0 Å². The lowest BCUT2D eigenvalue weighted by atomic mass is 10.1. The van der Waals surface area contributed by atoms with Gasteiger partial charge in [0.25, 0.3) is 5.91 Å². The van der Waals surface area contributed by atoms with Gasteiger partial charge in [-0.05, 0) is 55.5 Å². The Morgan fingerprint density at radius 3 is 2.33 bits per heavy atom. The quantitative estimate of drug-likeness (QED) is 0.544. The Kier molecular flexibility index (Phi) is 6.97. The van der Waals surface area contributed by atoms with Crippen LogP contribution < -0.4 is 14.4 Å². The van der Waals surface area contributed by atoms with E-state index in [1.165, 1.54) is 6.07 Å². The van der Waals surface area contributed by atoms with Crippen LogP contribution in [-0.4, -0.2) is 60.4 Å². The average Bonchev–Trinajstić information content (AvgIpc) is 2.84. The van der Waals surface area contributed by atoms with Gasteiger partial charge in [-0.15, -0.1) is 10.2 Å². The van der Waals surface area contributed by atoms with E-state index in [-0.39, 0.29) is 18.3 Å². The maximum absolute atomic E-state index is 13.7. The van der Waals surface area contributed by atoms with E-state index in [9.17, 15) is 13.6 Å². The van der Waals surface area contributed by atoms with E-state index in [4.69, 9.17) is 9.47 Å². The number of rotatable bonds is 7. The predicted octanol–water partition coefficient (Wildman–Crippen LogP) is 3.55. The third kappa shape index (κ3) is 5.54. The van der Waals surface area contributed by atoms with E-state index >= 15 is 0 Å². The number of anilines is 1. The molecular weight excluding hydrogens is 430 g/mol. The minimum atomic E-state index is -0.833. The van der Waals surface area contributed by atoms with Crippen LogP contribution in [0, 0.1) is 11.6 Å². The summed E-state index contributed by atoms with van der Waals surface area (Å²) in [5, 5.41) is 8.68. The van der Waals surface area contributed by atoms with Crippen LogP contribution in [0.3, 0.4) is 0 Å². The zero-order valence-electron chi connectivity index (χ0n) is 18.2. The number of hydrogen-bond acceptors (Lipinski definition) is 6. The molecular formula is C24H24F2N4O3. The molecule has 2 aromatic carbocycles. The summed E-state index contributed by atoms with van der Waals surface area (Å²) in [6.07, 6.45) is 0. The maximum atomic E-state index is 13.7. The van der Waals surface area contributed by atoms with Crippen LogP contribution in [0.5, 0.6) is 11.5 Å². The van der Waals surface area contributed by atoms with Crippen LogP contribution in [0.1, 0.15) is 6.92 Å². The first-order chi connectivity index (χ1) is 16.0. The SMILES string of the molecule is CCOc1ccc(-c2ccc(N3CCN(C(=O)COc4ccc(F)cc4F)CC3)nn2)cc1. The van der Waals surface area contributed by atoms with Crippen LogP contribution in [-0.2, 0) is 4.79 Å². The number of aromatic nitrogens is 2. The maximum Gasteiger partial charge on any atom is 0.260 e. The standard InChI is InChI=1S/C24H24F2N4O3/c1-2-32-19-6-3-17(4-7-19)21-8-10-23(28-27-21)29-11-13-30(14-12-29)24(31)16-33-22-9-5-18(25)15-20(22)26/h3-10,15H,2,11-14,16H2,1H3. The number of benzene rings is 2. The number of carbonyl (C=O) groups is 1. The Morgan fingerprint density at radius 1 is 0.939 bits per heavy atom. The van der Waals surface area contributed by atoms with Crippen LogP contribution in [0.25, 0.3) is 11.3 Å². The molecule has 1 amide bonds. The van der Waals surface area contributed by atoms with Gasteiger partial charge < -0.3 is 19.3 Å². The highest BCUT2D eigenvalue weighted by molar-refractivity contribution is 5.78. The Bertz CT molecular complexity index is 1090. The zero-order valence-corrected chi connectivity index (χ0v) is 18.2. The van der Waals surface area contributed by atoms with Gasteiger partial charge in [0.2, 0.25) is 0 Å². The van der Waals surface area contributed by atoms with E-state index in [1.54, 1.807) is 4.90 Å². The number of halogens is 2. The summed E-state index contributed by atoms with van der Waals surface area (Å²) < 4.78 is 37.3. The van der Waals surface area contributed by atoms with Gasteiger partial charge >= 0.3 is 0 Å². The van der Waals surface area contributed by atoms with Crippen LogP contribution in [0.2, 0.25) is 0 Å². The molecule has 0 saturated carbocycles. The fraction of sp³-hybridized carbons (Fsp3) is 0.292. The van der Waals surface area contributed by atoms with Crippen molar-refractivity contribution in [1.82, 2.24) is 15.1 Å². The topological polar surface area (TPSA) is 67.8 Å². The summed E-state index contributed by atoms with van der Waals surface area (Å²) in [6, 6.07) is 14.5. The summed E-state index contributed by atoms with van der Waals surface area (Å²) in [7, 11) is 0. The van der Waals surface area contributed by atoms with Crippen molar-refractivity contribution >= 4 is 11.7 Å². The average molecular weight is 454 g/mol. The van der Waals surface area contributed by atoms with Crippen molar-refractivity contribution in [2.24, 2.45) is 0 Å². The molecule has 0 atom stereocenters. The van der Waals surface area contributed by atoms with Crippen LogP contribution >= 0.6 is 0 Å². The first-order valence-electron chi connectivity index (χ1n) is 10.7. The monoisotopic (exact) mass is 454 g/mol. The molecule has 7 nitrogen and oxygen atoms in total. The molecule has 2 heterocycles. The predicted molar refractivity (Wildman–Crippen MR) is 119 cm³/mol. The molecule has 9 heteroatoms. The second-order valence-corrected chi connectivity index (χ2v) is 7.47. The van der Waals surface area contributed by atoms with Crippen molar-refractivity contribution in [2.75, 3.05) is 44.3 Å². The molecule has 1 aliphatic rings.